The van der Waals surface area contributed by atoms with E-state index in [1.165, 1.54) is 0 Å². The van der Waals surface area contributed by atoms with Crippen LogP contribution in [0.1, 0.15) is 25.7 Å². The Balaban J connectivity index is 0.00000169. The molecule has 2 unspecified atom stereocenters. The van der Waals surface area contributed by atoms with Crippen LogP contribution in [0.5, 0.6) is 11.5 Å². The first-order chi connectivity index (χ1) is 11.1. The molecule has 3 heterocycles. The predicted molar refractivity (Wildman–Crippen MR) is 92.6 cm³/mol. The van der Waals surface area contributed by atoms with Crippen molar-refractivity contribution >= 4 is 22.4 Å². The smallest absolute Gasteiger partial charge is 0.243 e. The van der Waals surface area contributed by atoms with Gasteiger partial charge in [-0.05, 0) is 31.4 Å². The lowest BCUT2D eigenvalue weighted by Gasteiger charge is -2.24. The van der Waals surface area contributed by atoms with Crippen LogP contribution in [0.25, 0.3) is 0 Å². The second-order valence-electron chi connectivity index (χ2n) is 6.45. The molecule has 2 atom stereocenters. The van der Waals surface area contributed by atoms with Crippen LogP contribution >= 0.6 is 12.4 Å². The van der Waals surface area contributed by atoms with Gasteiger partial charge in [0.2, 0.25) is 10.0 Å². The molecule has 1 N–H and O–H groups in total. The second kappa shape index (κ2) is 7.07. The lowest BCUT2D eigenvalue weighted by atomic mass is 10.1. The Bertz CT molecular complexity index is 697. The predicted octanol–water partition coefficient (Wildman–Crippen LogP) is 1.78. The summed E-state index contributed by atoms with van der Waals surface area (Å²) in [5.74, 6) is 1.15. The third-order valence-electron chi connectivity index (χ3n) is 4.84. The first-order valence-electron chi connectivity index (χ1n) is 8.29. The molecule has 2 saturated heterocycles. The Morgan fingerprint density at radius 2 is 1.79 bits per heavy atom. The maximum atomic E-state index is 13.0. The largest absolute Gasteiger partial charge is 0.490 e. The molecule has 2 bridgehead atoms. The van der Waals surface area contributed by atoms with Crippen molar-refractivity contribution in [2.75, 3.05) is 26.3 Å². The molecule has 3 aliphatic heterocycles. The van der Waals surface area contributed by atoms with Crippen LogP contribution in [-0.4, -0.2) is 51.1 Å². The van der Waals surface area contributed by atoms with Gasteiger partial charge >= 0.3 is 0 Å². The number of fused-ring (bicyclic) bond motifs is 3. The minimum absolute atomic E-state index is 0. The highest BCUT2D eigenvalue weighted by atomic mass is 35.5. The van der Waals surface area contributed by atoms with E-state index < -0.39 is 10.0 Å². The van der Waals surface area contributed by atoms with E-state index in [0.717, 1.165) is 25.7 Å². The van der Waals surface area contributed by atoms with Crippen molar-refractivity contribution in [2.45, 2.75) is 42.7 Å². The molecule has 134 valence electrons. The second-order valence-corrected chi connectivity index (χ2v) is 8.39. The van der Waals surface area contributed by atoms with Gasteiger partial charge in [-0.1, -0.05) is 0 Å². The molecule has 3 aliphatic rings. The summed E-state index contributed by atoms with van der Waals surface area (Å²) in [6.45, 7) is 2.27. The van der Waals surface area contributed by atoms with Crippen molar-refractivity contribution < 1.29 is 17.9 Å². The summed E-state index contributed by atoms with van der Waals surface area (Å²) in [7, 11) is -3.50. The molecule has 0 saturated carbocycles. The van der Waals surface area contributed by atoms with E-state index >= 15 is 0 Å². The Hall–Kier alpha value is -1.02. The molecule has 0 radical (unpaired) electrons. The molecule has 6 nitrogen and oxygen atoms in total. The number of hydrogen-bond acceptors (Lipinski definition) is 5. The SMILES string of the molecule is Cl.O=S(=O)(c1ccc2c(c1)OCCCO2)N1CCC2CCC(C1)N2. The maximum Gasteiger partial charge on any atom is 0.243 e. The standard InChI is InChI=1S/C16H22N2O4S.ClH/c19-23(20,18-7-6-12-2-3-13(11-18)17-12)14-4-5-15-16(10-14)22-9-1-8-21-15;/h4-5,10,12-13,17H,1-3,6-9,11H2;1H. The molecule has 8 heteroatoms. The average Bonchev–Trinajstić information content (AvgIpc) is 2.73. The van der Waals surface area contributed by atoms with Gasteiger partial charge in [0, 0.05) is 37.7 Å². The quantitative estimate of drug-likeness (QED) is 0.854. The minimum Gasteiger partial charge on any atom is -0.490 e. The molecular weight excluding hydrogens is 352 g/mol. The molecule has 0 spiro atoms. The zero-order chi connectivity index (χ0) is 15.9. The molecule has 0 amide bonds. The van der Waals surface area contributed by atoms with Gasteiger partial charge in [0.1, 0.15) is 0 Å². The zero-order valence-electron chi connectivity index (χ0n) is 13.4. The van der Waals surface area contributed by atoms with Gasteiger partial charge in [0.15, 0.2) is 11.5 Å². The zero-order valence-corrected chi connectivity index (χ0v) is 15.1. The lowest BCUT2D eigenvalue weighted by molar-refractivity contribution is 0.296. The van der Waals surface area contributed by atoms with Crippen molar-refractivity contribution in [2.24, 2.45) is 0 Å². The van der Waals surface area contributed by atoms with E-state index in [0.29, 0.717) is 48.7 Å². The van der Waals surface area contributed by atoms with Crippen LogP contribution in [0, 0.1) is 0 Å². The molecule has 0 aliphatic carbocycles. The molecule has 1 aromatic rings. The Morgan fingerprint density at radius 1 is 1.04 bits per heavy atom. The average molecular weight is 375 g/mol. The third-order valence-corrected chi connectivity index (χ3v) is 6.70. The van der Waals surface area contributed by atoms with Crippen molar-refractivity contribution in [3.05, 3.63) is 18.2 Å². The normalized spacial score (nSPS) is 27.0. The van der Waals surface area contributed by atoms with Crippen LogP contribution in [0.4, 0.5) is 0 Å². The Labute approximate surface area is 149 Å². The number of ether oxygens (including phenoxy) is 2. The van der Waals surface area contributed by atoms with E-state index in [9.17, 15) is 8.42 Å². The first kappa shape index (κ1) is 17.8. The highest BCUT2D eigenvalue weighted by Gasteiger charge is 2.35. The highest BCUT2D eigenvalue weighted by molar-refractivity contribution is 7.89. The molecule has 24 heavy (non-hydrogen) atoms. The fraction of sp³-hybridized carbons (Fsp3) is 0.625. The number of rotatable bonds is 2. The Morgan fingerprint density at radius 3 is 2.62 bits per heavy atom. The number of sulfonamides is 1. The fourth-order valence-corrected chi connectivity index (χ4v) is 5.10. The van der Waals surface area contributed by atoms with Gasteiger partial charge in [-0.15, -0.1) is 12.4 Å². The minimum atomic E-state index is -3.50. The maximum absolute atomic E-state index is 13.0. The molecule has 0 aromatic heterocycles. The highest BCUT2D eigenvalue weighted by Crippen LogP contribution is 2.33. The number of halogens is 1. The molecule has 4 rings (SSSR count). The van der Waals surface area contributed by atoms with Gasteiger partial charge < -0.3 is 14.8 Å². The molecule has 1 aromatic carbocycles. The molecule has 2 fully saturated rings. The number of hydrogen-bond donors (Lipinski definition) is 1. The van der Waals surface area contributed by atoms with Crippen LogP contribution in [0.3, 0.4) is 0 Å². The van der Waals surface area contributed by atoms with Gasteiger partial charge in [0.25, 0.3) is 0 Å². The monoisotopic (exact) mass is 374 g/mol. The van der Waals surface area contributed by atoms with Crippen molar-refractivity contribution in [1.29, 1.82) is 0 Å². The van der Waals surface area contributed by atoms with Crippen molar-refractivity contribution in [3.63, 3.8) is 0 Å². The van der Waals surface area contributed by atoms with E-state index in [1.807, 2.05) is 0 Å². The molecular formula is C16H23ClN2O4S. The van der Waals surface area contributed by atoms with E-state index in [-0.39, 0.29) is 18.4 Å². The van der Waals surface area contributed by atoms with Crippen molar-refractivity contribution in [1.82, 2.24) is 9.62 Å². The summed E-state index contributed by atoms with van der Waals surface area (Å²) >= 11 is 0. The third kappa shape index (κ3) is 3.35. The Kier molecular flexibility index (Phi) is 5.24. The summed E-state index contributed by atoms with van der Waals surface area (Å²) in [5, 5.41) is 3.51. The van der Waals surface area contributed by atoms with E-state index in [1.54, 1.807) is 22.5 Å². The van der Waals surface area contributed by atoms with E-state index in [2.05, 4.69) is 5.32 Å². The first-order valence-corrected chi connectivity index (χ1v) is 9.73. The summed E-state index contributed by atoms with van der Waals surface area (Å²) < 4.78 is 38.8. The van der Waals surface area contributed by atoms with E-state index in [4.69, 9.17) is 9.47 Å². The van der Waals surface area contributed by atoms with Gasteiger partial charge in [-0.2, -0.15) is 4.31 Å². The van der Waals surface area contributed by atoms with Crippen LogP contribution in [0.2, 0.25) is 0 Å². The summed E-state index contributed by atoms with van der Waals surface area (Å²) in [6, 6.07) is 5.67. The number of nitrogens with one attached hydrogen (secondary N) is 1. The number of benzene rings is 1. The summed E-state index contributed by atoms with van der Waals surface area (Å²) in [5.41, 5.74) is 0. The van der Waals surface area contributed by atoms with Crippen LogP contribution in [0.15, 0.2) is 23.1 Å². The lowest BCUT2D eigenvalue weighted by Crippen LogP contribution is -2.39. The summed E-state index contributed by atoms with van der Waals surface area (Å²) in [6.07, 6.45) is 3.89. The topological polar surface area (TPSA) is 67.9 Å². The van der Waals surface area contributed by atoms with Gasteiger partial charge in [-0.3, -0.25) is 0 Å². The van der Waals surface area contributed by atoms with Gasteiger partial charge in [0.05, 0.1) is 18.1 Å². The summed E-state index contributed by atoms with van der Waals surface area (Å²) in [4.78, 5) is 0.291. The number of nitrogens with zero attached hydrogens (tertiary/aromatic N) is 1. The fourth-order valence-electron chi connectivity index (χ4n) is 3.58. The van der Waals surface area contributed by atoms with Crippen molar-refractivity contribution in [3.8, 4) is 11.5 Å². The van der Waals surface area contributed by atoms with Crippen LogP contribution in [-0.2, 0) is 10.0 Å². The van der Waals surface area contributed by atoms with Crippen LogP contribution < -0.4 is 14.8 Å². The van der Waals surface area contributed by atoms with Gasteiger partial charge in [-0.25, -0.2) is 8.42 Å².